The zero-order valence-electron chi connectivity index (χ0n) is 17.1. The zero-order valence-corrected chi connectivity index (χ0v) is 19.3. The van der Waals surface area contributed by atoms with E-state index in [1.54, 1.807) is 53.3 Å². The molecule has 0 unspecified atom stereocenters. The molecule has 4 aromatic rings. The number of carbonyl (C=O) groups excluding carboxylic acids is 1. The summed E-state index contributed by atoms with van der Waals surface area (Å²) >= 11 is 18.2. The molecule has 1 amide bonds. The van der Waals surface area contributed by atoms with E-state index >= 15 is 0 Å². The van der Waals surface area contributed by atoms with E-state index < -0.39 is 0 Å². The molecule has 0 radical (unpaired) electrons. The minimum absolute atomic E-state index is 0.160. The second-order valence-electron chi connectivity index (χ2n) is 7.20. The molecule has 9 heteroatoms. The second-order valence-corrected chi connectivity index (χ2v) is 8.45. The molecule has 0 aliphatic rings. The van der Waals surface area contributed by atoms with Crippen LogP contribution in [-0.2, 0) is 13.2 Å². The van der Waals surface area contributed by atoms with Crippen LogP contribution in [0.3, 0.4) is 0 Å². The van der Waals surface area contributed by atoms with Crippen molar-refractivity contribution in [3.63, 3.8) is 0 Å². The number of rotatable bonds is 7. The maximum atomic E-state index is 13.4. The highest BCUT2D eigenvalue weighted by Crippen LogP contribution is 2.36. The standard InChI is InChI=1S/C24H17Cl3FN3O2/c25-18-9-21(26)23(22(27)10-18)33-14-16-4-1-5-17(7-16)24(32)30-20-11-29-31(13-20)12-15-3-2-6-19(28)8-15/h1-11,13H,12,14H2,(H,30,32). The van der Waals surface area contributed by atoms with Crippen LogP contribution in [0.2, 0.25) is 15.1 Å². The summed E-state index contributed by atoms with van der Waals surface area (Å²) in [4.78, 5) is 12.7. The zero-order chi connectivity index (χ0) is 23.4. The molecule has 0 fully saturated rings. The largest absolute Gasteiger partial charge is 0.486 e. The molecule has 0 aliphatic heterocycles. The van der Waals surface area contributed by atoms with E-state index in [0.29, 0.717) is 38.6 Å². The fraction of sp³-hybridized carbons (Fsp3) is 0.0833. The predicted molar refractivity (Wildman–Crippen MR) is 128 cm³/mol. The van der Waals surface area contributed by atoms with E-state index in [9.17, 15) is 9.18 Å². The highest BCUT2D eigenvalue weighted by molar-refractivity contribution is 6.40. The molecule has 3 aromatic carbocycles. The van der Waals surface area contributed by atoms with Crippen molar-refractivity contribution in [2.45, 2.75) is 13.2 Å². The van der Waals surface area contributed by atoms with Gasteiger partial charge in [-0.1, -0.05) is 59.1 Å². The van der Waals surface area contributed by atoms with E-state index in [2.05, 4.69) is 10.4 Å². The summed E-state index contributed by atoms with van der Waals surface area (Å²) < 4.78 is 20.7. The Morgan fingerprint density at radius 3 is 2.48 bits per heavy atom. The number of ether oxygens (including phenoxy) is 1. The fourth-order valence-electron chi connectivity index (χ4n) is 3.16. The number of nitrogens with zero attached hydrogens (tertiary/aromatic N) is 2. The highest BCUT2D eigenvalue weighted by Gasteiger charge is 2.12. The predicted octanol–water partition coefficient (Wildman–Crippen LogP) is 6.86. The number of halogens is 4. The van der Waals surface area contributed by atoms with Gasteiger partial charge in [-0.05, 0) is 47.5 Å². The van der Waals surface area contributed by atoms with Gasteiger partial charge in [0, 0.05) is 16.8 Å². The Morgan fingerprint density at radius 2 is 1.73 bits per heavy atom. The highest BCUT2D eigenvalue weighted by atomic mass is 35.5. The van der Waals surface area contributed by atoms with Gasteiger partial charge in [0.15, 0.2) is 5.75 Å². The van der Waals surface area contributed by atoms with Gasteiger partial charge < -0.3 is 10.1 Å². The summed E-state index contributed by atoms with van der Waals surface area (Å²) in [6.07, 6.45) is 3.22. The van der Waals surface area contributed by atoms with Crippen LogP contribution in [0.4, 0.5) is 10.1 Å². The molecule has 1 aromatic heterocycles. The second kappa shape index (κ2) is 10.3. The molecular formula is C24H17Cl3FN3O2. The SMILES string of the molecule is O=C(Nc1cnn(Cc2cccc(F)c2)c1)c1cccc(COc2c(Cl)cc(Cl)cc2Cl)c1. The van der Waals surface area contributed by atoms with Crippen LogP contribution in [0.5, 0.6) is 5.75 Å². The maximum absolute atomic E-state index is 13.4. The lowest BCUT2D eigenvalue weighted by molar-refractivity contribution is 0.102. The third-order valence-corrected chi connectivity index (χ3v) is 5.44. The summed E-state index contributed by atoms with van der Waals surface area (Å²) in [5.41, 5.74) is 2.50. The quantitative estimate of drug-likeness (QED) is 0.299. The van der Waals surface area contributed by atoms with Crippen molar-refractivity contribution in [1.82, 2.24) is 9.78 Å². The number of hydrogen-bond donors (Lipinski definition) is 1. The third-order valence-electron chi connectivity index (χ3n) is 4.66. The molecule has 33 heavy (non-hydrogen) atoms. The van der Waals surface area contributed by atoms with Crippen molar-refractivity contribution in [1.29, 1.82) is 0 Å². The summed E-state index contributed by atoms with van der Waals surface area (Å²) in [7, 11) is 0. The van der Waals surface area contributed by atoms with Crippen molar-refractivity contribution >= 4 is 46.4 Å². The summed E-state index contributed by atoms with van der Waals surface area (Å²) in [5, 5.41) is 8.04. The third kappa shape index (κ3) is 6.05. The Hall–Kier alpha value is -3.06. The number of carbonyl (C=O) groups is 1. The van der Waals surface area contributed by atoms with Crippen LogP contribution in [0.25, 0.3) is 0 Å². The van der Waals surface area contributed by atoms with Crippen molar-refractivity contribution in [3.05, 3.63) is 111 Å². The molecule has 4 rings (SSSR count). The Labute approximate surface area is 204 Å². The Morgan fingerprint density at radius 1 is 1.00 bits per heavy atom. The first kappa shape index (κ1) is 23.1. The molecule has 0 aliphatic carbocycles. The van der Waals surface area contributed by atoms with Gasteiger partial charge in [0.1, 0.15) is 12.4 Å². The molecule has 168 valence electrons. The first-order valence-corrected chi connectivity index (χ1v) is 11.0. The lowest BCUT2D eigenvalue weighted by Crippen LogP contribution is -2.12. The number of hydrogen-bond acceptors (Lipinski definition) is 3. The van der Waals surface area contributed by atoms with E-state index in [1.807, 2.05) is 6.07 Å². The Kier molecular flexibility index (Phi) is 7.18. The van der Waals surface area contributed by atoms with E-state index in [4.69, 9.17) is 39.5 Å². The lowest BCUT2D eigenvalue weighted by Gasteiger charge is -2.11. The number of aromatic nitrogens is 2. The topological polar surface area (TPSA) is 56.2 Å². The Bertz CT molecular complexity index is 1290. The number of nitrogens with one attached hydrogen (secondary N) is 1. The van der Waals surface area contributed by atoms with Gasteiger partial charge >= 0.3 is 0 Å². The van der Waals surface area contributed by atoms with E-state index in [-0.39, 0.29) is 18.3 Å². The maximum Gasteiger partial charge on any atom is 0.255 e. The van der Waals surface area contributed by atoms with Crippen LogP contribution < -0.4 is 10.1 Å². The van der Waals surface area contributed by atoms with Crippen molar-refractivity contribution in [2.75, 3.05) is 5.32 Å². The monoisotopic (exact) mass is 503 g/mol. The van der Waals surface area contributed by atoms with Gasteiger partial charge in [-0.25, -0.2) is 4.39 Å². The minimum atomic E-state index is -0.308. The summed E-state index contributed by atoms with van der Waals surface area (Å²) in [5.74, 6) is -0.286. The van der Waals surface area contributed by atoms with Crippen LogP contribution in [0.1, 0.15) is 21.5 Å². The molecule has 0 spiro atoms. The molecule has 0 saturated heterocycles. The minimum Gasteiger partial charge on any atom is -0.486 e. The van der Waals surface area contributed by atoms with Gasteiger partial charge in [-0.15, -0.1) is 0 Å². The van der Waals surface area contributed by atoms with Crippen molar-refractivity contribution in [2.24, 2.45) is 0 Å². The molecule has 5 nitrogen and oxygen atoms in total. The van der Waals surface area contributed by atoms with Gasteiger partial charge in [0.2, 0.25) is 0 Å². The molecule has 0 saturated carbocycles. The molecule has 1 N–H and O–H groups in total. The molecule has 0 bridgehead atoms. The number of amides is 1. The number of benzene rings is 3. The summed E-state index contributed by atoms with van der Waals surface area (Å²) in [6, 6.07) is 16.3. The number of anilines is 1. The van der Waals surface area contributed by atoms with Crippen LogP contribution >= 0.6 is 34.8 Å². The average Bonchev–Trinajstić information content (AvgIpc) is 3.19. The van der Waals surface area contributed by atoms with Crippen LogP contribution in [0.15, 0.2) is 73.1 Å². The molecule has 1 heterocycles. The first-order valence-electron chi connectivity index (χ1n) is 9.82. The lowest BCUT2D eigenvalue weighted by atomic mass is 10.1. The average molecular weight is 505 g/mol. The van der Waals surface area contributed by atoms with Gasteiger partial charge in [-0.3, -0.25) is 9.48 Å². The fourth-order valence-corrected chi connectivity index (χ4v) is 4.09. The normalized spacial score (nSPS) is 10.8. The van der Waals surface area contributed by atoms with E-state index in [1.165, 1.54) is 18.3 Å². The van der Waals surface area contributed by atoms with Gasteiger partial charge in [0.25, 0.3) is 5.91 Å². The molecule has 0 atom stereocenters. The van der Waals surface area contributed by atoms with Crippen molar-refractivity contribution < 1.29 is 13.9 Å². The summed E-state index contributed by atoms with van der Waals surface area (Å²) in [6.45, 7) is 0.546. The smallest absolute Gasteiger partial charge is 0.255 e. The Balaban J connectivity index is 1.39. The molecular weight excluding hydrogens is 488 g/mol. The van der Waals surface area contributed by atoms with Crippen LogP contribution in [-0.4, -0.2) is 15.7 Å². The van der Waals surface area contributed by atoms with Gasteiger partial charge in [0.05, 0.1) is 28.5 Å². The van der Waals surface area contributed by atoms with Crippen LogP contribution in [0, 0.1) is 5.82 Å². The first-order chi connectivity index (χ1) is 15.9. The van der Waals surface area contributed by atoms with Gasteiger partial charge in [-0.2, -0.15) is 5.10 Å². The van der Waals surface area contributed by atoms with E-state index in [0.717, 1.165) is 11.1 Å². The van der Waals surface area contributed by atoms with Crippen molar-refractivity contribution in [3.8, 4) is 5.75 Å².